The van der Waals surface area contributed by atoms with Crippen molar-refractivity contribution in [1.29, 1.82) is 0 Å². The average molecular weight is 369 g/mol. The number of nitrogens with one attached hydrogen (secondary N) is 2. The van der Waals surface area contributed by atoms with E-state index in [2.05, 4.69) is 10.6 Å². The van der Waals surface area contributed by atoms with E-state index < -0.39 is 10.5 Å². The Hall–Kier alpha value is -3.26. The Kier molecular flexibility index (Phi) is 4.68. The highest BCUT2D eigenvalue weighted by molar-refractivity contribution is 7.80. The molecule has 2 aromatic carbocycles. The summed E-state index contributed by atoms with van der Waals surface area (Å²) in [6.45, 7) is 3.49. The van der Waals surface area contributed by atoms with Gasteiger partial charge in [-0.2, -0.15) is 0 Å². The maximum absolute atomic E-state index is 11.5. The largest absolute Gasteiger partial charge is 0.423 e. The first-order valence-electron chi connectivity index (χ1n) is 7.71. The molecular formula is C18H15N3O4S. The standard InChI is InChI=1S/C18H15N3O4S/c1-10-8-17(22)25-16-9-12(6-7-13(10)16)19-18(26)20-14-4-3-5-15(11(14)2)21(23)24/h3-9H,1-2H3,(H2,19,20,26). The molecule has 0 spiro atoms. The monoisotopic (exact) mass is 369 g/mol. The highest BCUT2D eigenvalue weighted by Gasteiger charge is 2.14. The van der Waals surface area contributed by atoms with Gasteiger partial charge in [0.2, 0.25) is 0 Å². The number of nitro benzene ring substituents is 1. The predicted octanol–water partition coefficient (Wildman–Crippen LogP) is 4.13. The summed E-state index contributed by atoms with van der Waals surface area (Å²) in [6.07, 6.45) is 0. The molecule has 0 aliphatic carbocycles. The van der Waals surface area contributed by atoms with Crippen molar-refractivity contribution < 1.29 is 9.34 Å². The molecule has 0 saturated carbocycles. The molecule has 132 valence electrons. The number of benzene rings is 2. The Morgan fingerprint density at radius 3 is 2.65 bits per heavy atom. The molecule has 0 unspecified atom stereocenters. The summed E-state index contributed by atoms with van der Waals surface area (Å²) in [7, 11) is 0. The van der Waals surface area contributed by atoms with E-state index in [0.29, 0.717) is 22.5 Å². The van der Waals surface area contributed by atoms with E-state index in [1.54, 1.807) is 25.1 Å². The van der Waals surface area contributed by atoms with E-state index >= 15 is 0 Å². The molecule has 0 saturated heterocycles. The predicted molar refractivity (Wildman–Crippen MR) is 105 cm³/mol. The smallest absolute Gasteiger partial charge is 0.336 e. The number of nitro groups is 1. The lowest BCUT2D eigenvalue weighted by molar-refractivity contribution is -0.385. The summed E-state index contributed by atoms with van der Waals surface area (Å²) in [6, 6.07) is 11.5. The fourth-order valence-electron chi connectivity index (χ4n) is 2.64. The molecule has 0 aliphatic rings. The minimum Gasteiger partial charge on any atom is -0.423 e. The van der Waals surface area contributed by atoms with E-state index in [0.717, 1.165) is 10.9 Å². The fourth-order valence-corrected chi connectivity index (χ4v) is 2.87. The van der Waals surface area contributed by atoms with Crippen LogP contribution in [-0.4, -0.2) is 10.0 Å². The Morgan fingerprint density at radius 2 is 1.92 bits per heavy atom. The summed E-state index contributed by atoms with van der Waals surface area (Å²) >= 11 is 5.28. The lowest BCUT2D eigenvalue weighted by Gasteiger charge is -2.13. The number of aryl methyl sites for hydroxylation is 1. The SMILES string of the molecule is Cc1c(NC(=S)Nc2ccc3c(C)cc(=O)oc3c2)cccc1[N+](=O)[O-]. The van der Waals surface area contributed by atoms with Gasteiger partial charge in [-0.05, 0) is 49.8 Å². The van der Waals surface area contributed by atoms with Crippen molar-refractivity contribution in [2.75, 3.05) is 10.6 Å². The van der Waals surface area contributed by atoms with Gasteiger partial charge in [0.05, 0.1) is 16.2 Å². The van der Waals surface area contributed by atoms with E-state index in [1.165, 1.54) is 12.1 Å². The van der Waals surface area contributed by atoms with E-state index in [4.69, 9.17) is 16.6 Å². The number of nitrogens with zero attached hydrogens (tertiary/aromatic N) is 1. The van der Waals surface area contributed by atoms with Gasteiger partial charge in [-0.25, -0.2) is 4.79 Å². The molecule has 0 radical (unpaired) electrons. The number of rotatable bonds is 3. The molecule has 3 rings (SSSR count). The summed E-state index contributed by atoms with van der Waals surface area (Å²) < 4.78 is 5.21. The summed E-state index contributed by atoms with van der Waals surface area (Å²) in [5, 5.41) is 18.1. The second-order valence-corrected chi connectivity index (χ2v) is 6.15. The molecule has 8 heteroatoms. The van der Waals surface area contributed by atoms with Gasteiger partial charge in [-0.1, -0.05) is 6.07 Å². The van der Waals surface area contributed by atoms with Crippen molar-refractivity contribution in [3.63, 3.8) is 0 Å². The van der Waals surface area contributed by atoms with Crippen LogP contribution in [0.1, 0.15) is 11.1 Å². The van der Waals surface area contributed by atoms with Crippen LogP contribution in [0.3, 0.4) is 0 Å². The third-order valence-corrected chi connectivity index (χ3v) is 4.16. The van der Waals surface area contributed by atoms with Gasteiger partial charge in [0.1, 0.15) is 5.58 Å². The van der Waals surface area contributed by atoms with Gasteiger partial charge >= 0.3 is 5.63 Å². The lowest BCUT2D eigenvalue weighted by atomic mass is 10.1. The molecule has 0 aliphatic heterocycles. The van der Waals surface area contributed by atoms with Gasteiger partial charge in [0.25, 0.3) is 5.69 Å². The van der Waals surface area contributed by atoms with Crippen LogP contribution in [0.2, 0.25) is 0 Å². The maximum atomic E-state index is 11.5. The first-order valence-corrected chi connectivity index (χ1v) is 8.12. The van der Waals surface area contributed by atoms with Crippen LogP contribution in [0.25, 0.3) is 11.0 Å². The summed E-state index contributed by atoms with van der Waals surface area (Å²) in [4.78, 5) is 22.1. The molecule has 0 bridgehead atoms. The zero-order chi connectivity index (χ0) is 18.8. The molecule has 0 atom stereocenters. The zero-order valence-electron chi connectivity index (χ0n) is 14.0. The molecule has 2 N–H and O–H groups in total. The first kappa shape index (κ1) is 17.6. The lowest BCUT2D eigenvalue weighted by Crippen LogP contribution is -2.19. The topological polar surface area (TPSA) is 97.4 Å². The molecule has 0 fully saturated rings. The molecule has 3 aromatic rings. The number of thiocarbonyl (C=S) groups is 1. The molecule has 1 aromatic heterocycles. The van der Waals surface area contributed by atoms with E-state index in [-0.39, 0.29) is 10.8 Å². The highest BCUT2D eigenvalue weighted by Crippen LogP contribution is 2.25. The van der Waals surface area contributed by atoms with Gasteiger partial charge < -0.3 is 15.1 Å². The van der Waals surface area contributed by atoms with Crippen LogP contribution < -0.4 is 16.3 Å². The quantitative estimate of drug-likeness (QED) is 0.310. The molecular weight excluding hydrogens is 354 g/mol. The Bertz CT molecular complexity index is 1090. The van der Waals surface area contributed by atoms with Gasteiger partial charge in [-0.3, -0.25) is 10.1 Å². The van der Waals surface area contributed by atoms with Crippen LogP contribution in [0.5, 0.6) is 0 Å². The average Bonchev–Trinajstić information content (AvgIpc) is 2.56. The number of fused-ring (bicyclic) bond motifs is 1. The summed E-state index contributed by atoms with van der Waals surface area (Å²) in [5.74, 6) is 0. The molecule has 7 nitrogen and oxygen atoms in total. The van der Waals surface area contributed by atoms with Crippen molar-refractivity contribution >= 4 is 45.4 Å². The Labute approximate surface area is 153 Å². The van der Waals surface area contributed by atoms with Crippen molar-refractivity contribution in [3.05, 3.63) is 74.1 Å². The highest BCUT2D eigenvalue weighted by atomic mass is 32.1. The van der Waals surface area contributed by atoms with Gasteiger partial charge in [0.15, 0.2) is 5.11 Å². The van der Waals surface area contributed by atoms with Crippen LogP contribution in [0.4, 0.5) is 17.1 Å². The number of hydrogen-bond donors (Lipinski definition) is 2. The van der Waals surface area contributed by atoms with Crippen LogP contribution in [0.15, 0.2) is 51.7 Å². The Morgan fingerprint density at radius 1 is 1.15 bits per heavy atom. The first-order chi connectivity index (χ1) is 12.3. The number of anilines is 2. The van der Waals surface area contributed by atoms with Gasteiger partial charge in [0, 0.05) is 29.3 Å². The molecule has 0 amide bonds. The number of hydrogen-bond acceptors (Lipinski definition) is 5. The third kappa shape index (κ3) is 3.55. The fraction of sp³-hybridized carbons (Fsp3) is 0.111. The maximum Gasteiger partial charge on any atom is 0.336 e. The van der Waals surface area contributed by atoms with Crippen molar-refractivity contribution in [2.45, 2.75) is 13.8 Å². The van der Waals surface area contributed by atoms with E-state index in [1.807, 2.05) is 19.1 Å². The summed E-state index contributed by atoms with van der Waals surface area (Å²) in [5.41, 5.74) is 2.54. The molecule has 1 heterocycles. The second-order valence-electron chi connectivity index (χ2n) is 5.75. The van der Waals surface area contributed by atoms with Crippen molar-refractivity contribution in [2.24, 2.45) is 0 Å². The normalized spacial score (nSPS) is 10.5. The second kappa shape index (κ2) is 6.93. The Balaban J connectivity index is 1.83. The molecule has 26 heavy (non-hydrogen) atoms. The van der Waals surface area contributed by atoms with Crippen LogP contribution >= 0.6 is 12.2 Å². The van der Waals surface area contributed by atoms with Crippen molar-refractivity contribution in [1.82, 2.24) is 0 Å². The third-order valence-electron chi connectivity index (χ3n) is 3.96. The van der Waals surface area contributed by atoms with Gasteiger partial charge in [-0.15, -0.1) is 0 Å². The minimum absolute atomic E-state index is 0.0146. The van der Waals surface area contributed by atoms with Crippen LogP contribution in [0, 0.1) is 24.0 Å². The zero-order valence-corrected chi connectivity index (χ0v) is 14.8. The van der Waals surface area contributed by atoms with Crippen molar-refractivity contribution in [3.8, 4) is 0 Å². The van der Waals surface area contributed by atoms with E-state index in [9.17, 15) is 14.9 Å². The minimum atomic E-state index is -0.440. The van der Waals surface area contributed by atoms with Crippen LogP contribution in [-0.2, 0) is 0 Å².